The highest BCUT2D eigenvalue weighted by Gasteiger charge is 2.36. The number of benzene rings is 1. The molecule has 20 heavy (non-hydrogen) atoms. The Labute approximate surface area is 120 Å². The zero-order valence-electron chi connectivity index (χ0n) is 12.1. The van der Waals surface area contributed by atoms with Crippen molar-refractivity contribution in [1.29, 1.82) is 0 Å². The third kappa shape index (κ3) is 3.19. The summed E-state index contributed by atoms with van der Waals surface area (Å²) in [5.41, 5.74) is 0.428. The first kappa shape index (κ1) is 15.0. The lowest BCUT2D eigenvalue weighted by Gasteiger charge is -2.32. The average molecular weight is 277 g/mol. The Hall–Kier alpha value is -1.39. The van der Waals surface area contributed by atoms with Gasteiger partial charge in [-0.3, -0.25) is 4.79 Å². The molecule has 0 heterocycles. The van der Waals surface area contributed by atoms with Crippen molar-refractivity contribution in [2.24, 2.45) is 5.92 Å². The summed E-state index contributed by atoms with van der Waals surface area (Å²) in [5.74, 6) is -0.381. The SMILES string of the molecule is COCC(C)(NC(=O)C1CCCC1O)c1ccccc1. The van der Waals surface area contributed by atoms with Crippen LogP contribution in [0.5, 0.6) is 0 Å². The summed E-state index contributed by atoms with van der Waals surface area (Å²) in [5, 5.41) is 12.9. The van der Waals surface area contributed by atoms with E-state index in [0.717, 1.165) is 18.4 Å². The van der Waals surface area contributed by atoms with E-state index in [9.17, 15) is 9.90 Å². The Morgan fingerprint density at radius 2 is 2.10 bits per heavy atom. The van der Waals surface area contributed by atoms with E-state index in [4.69, 9.17) is 4.74 Å². The van der Waals surface area contributed by atoms with Gasteiger partial charge < -0.3 is 15.2 Å². The number of carbonyl (C=O) groups excluding carboxylic acids is 1. The number of hydrogen-bond donors (Lipinski definition) is 2. The molecule has 0 aliphatic heterocycles. The first-order valence-electron chi connectivity index (χ1n) is 7.11. The van der Waals surface area contributed by atoms with Crippen molar-refractivity contribution in [1.82, 2.24) is 5.32 Å². The smallest absolute Gasteiger partial charge is 0.226 e. The zero-order chi connectivity index (χ0) is 14.6. The van der Waals surface area contributed by atoms with E-state index < -0.39 is 11.6 Å². The molecule has 110 valence electrons. The Morgan fingerprint density at radius 3 is 2.65 bits per heavy atom. The van der Waals surface area contributed by atoms with Gasteiger partial charge in [-0.05, 0) is 31.7 Å². The maximum Gasteiger partial charge on any atom is 0.226 e. The minimum atomic E-state index is -0.574. The standard InChI is InChI=1S/C16H23NO3/c1-16(11-20-2,12-7-4-3-5-8-12)17-15(19)13-9-6-10-14(13)18/h3-5,7-8,13-14,18H,6,9-11H2,1-2H3,(H,17,19). The summed E-state index contributed by atoms with van der Waals surface area (Å²) in [7, 11) is 1.62. The van der Waals surface area contributed by atoms with E-state index in [0.29, 0.717) is 13.0 Å². The van der Waals surface area contributed by atoms with E-state index in [-0.39, 0.29) is 11.8 Å². The van der Waals surface area contributed by atoms with Crippen LogP contribution in [0.15, 0.2) is 30.3 Å². The molecule has 0 radical (unpaired) electrons. The molecule has 3 atom stereocenters. The lowest BCUT2D eigenvalue weighted by molar-refractivity contribution is -0.130. The first-order chi connectivity index (χ1) is 9.57. The van der Waals surface area contributed by atoms with Crippen molar-refractivity contribution in [2.75, 3.05) is 13.7 Å². The lowest BCUT2D eigenvalue weighted by Crippen LogP contribution is -2.50. The average Bonchev–Trinajstić information content (AvgIpc) is 2.86. The van der Waals surface area contributed by atoms with Crippen LogP contribution in [0.4, 0.5) is 0 Å². The van der Waals surface area contributed by atoms with Crippen LogP contribution in [0.3, 0.4) is 0 Å². The van der Waals surface area contributed by atoms with Gasteiger partial charge in [-0.25, -0.2) is 0 Å². The normalized spacial score (nSPS) is 25.1. The second-order valence-electron chi connectivity index (χ2n) is 5.73. The van der Waals surface area contributed by atoms with E-state index in [1.54, 1.807) is 7.11 Å². The Balaban J connectivity index is 2.15. The number of aliphatic hydroxyl groups excluding tert-OH is 1. The summed E-state index contributed by atoms with van der Waals surface area (Å²) in [6.07, 6.45) is 1.86. The van der Waals surface area contributed by atoms with Gasteiger partial charge in [-0.15, -0.1) is 0 Å². The largest absolute Gasteiger partial charge is 0.392 e. The summed E-state index contributed by atoms with van der Waals surface area (Å²) in [4.78, 5) is 12.4. The molecule has 0 spiro atoms. The van der Waals surface area contributed by atoms with E-state index in [1.807, 2.05) is 37.3 Å². The molecule has 1 fully saturated rings. The van der Waals surface area contributed by atoms with Gasteiger partial charge in [0.05, 0.1) is 24.2 Å². The van der Waals surface area contributed by atoms with Crippen molar-refractivity contribution < 1.29 is 14.6 Å². The number of amides is 1. The predicted octanol–water partition coefficient (Wildman–Crippen LogP) is 1.83. The number of carbonyl (C=O) groups is 1. The van der Waals surface area contributed by atoms with Gasteiger partial charge in [0.25, 0.3) is 0 Å². The molecule has 1 aliphatic rings. The van der Waals surface area contributed by atoms with Crippen molar-refractivity contribution >= 4 is 5.91 Å². The molecule has 4 nitrogen and oxygen atoms in total. The van der Waals surface area contributed by atoms with E-state index in [2.05, 4.69) is 5.32 Å². The number of methoxy groups -OCH3 is 1. The van der Waals surface area contributed by atoms with Gasteiger partial charge in [-0.1, -0.05) is 30.3 Å². The van der Waals surface area contributed by atoms with Crippen molar-refractivity contribution in [2.45, 2.75) is 37.8 Å². The van der Waals surface area contributed by atoms with Crippen LogP contribution < -0.4 is 5.32 Å². The fraction of sp³-hybridized carbons (Fsp3) is 0.562. The Kier molecular flexibility index (Phi) is 4.78. The van der Waals surface area contributed by atoms with Gasteiger partial charge in [0.1, 0.15) is 0 Å². The van der Waals surface area contributed by atoms with Crippen molar-refractivity contribution in [3.63, 3.8) is 0 Å². The maximum atomic E-state index is 12.4. The second-order valence-corrected chi connectivity index (χ2v) is 5.73. The topological polar surface area (TPSA) is 58.6 Å². The fourth-order valence-corrected chi connectivity index (χ4v) is 2.90. The van der Waals surface area contributed by atoms with Crippen LogP contribution in [0.1, 0.15) is 31.7 Å². The first-order valence-corrected chi connectivity index (χ1v) is 7.11. The Morgan fingerprint density at radius 1 is 1.40 bits per heavy atom. The van der Waals surface area contributed by atoms with Gasteiger partial charge in [0.2, 0.25) is 5.91 Å². The van der Waals surface area contributed by atoms with Crippen LogP contribution in [0, 0.1) is 5.92 Å². The third-order valence-electron chi connectivity index (χ3n) is 4.06. The molecule has 1 amide bonds. The number of nitrogens with one attached hydrogen (secondary N) is 1. The number of ether oxygens (including phenoxy) is 1. The molecular weight excluding hydrogens is 254 g/mol. The molecule has 1 aromatic carbocycles. The van der Waals surface area contributed by atoms with Gasteiger partial charge in [0, 0.05) is 7.11 Å². The summed E-state index contributed by atoms with van der Waals surface area (Å²) in [6.45, 7) is 2.34. The van der Waals surface area contributed by atoms with Gasteiger partial charge in [0.15, 0.2) is 0 Å². The molecule has 4 heteroatoms. The zero-order valence-corrected chi connectivity index (χ0v) is 12.1. The predicted molar refractivity (Wildman–Crippen MR) is 77.2 cm³/mol. The van der Waals surface area contributed by atoms with Crippen LogP contribution in [0.2, 0.25) is 0 Å². The highest BCUT2D eigenvalue weighted by molar-refractivity contribution is 5.80. The minimum absolute atomic E-state index is 0.0848. The number of hydrogen-bond acceptors (Lipinski definition) is 3. The van der Waals surface area contributed by atoms with Gasteiger partial charge >= 0.3 is 0 Å². The third-order valence-corrected chi connectivity index (χ3v) is 4.06. The lowest BCUT2D eigenvalue weighted by atomic mass is 9.91. The second kappa shape index (κ2) is 6.37. The molecule has 2 N–H and O–H groups in total. The maximum absolute atomic E-state index is 12.4. The molecule has 3 unspecified atom stereocenters. The summed E-state index contributed by atoms with van der Waals surface area (Å²) in [6, 6.07) is 9.79. The van der Waals surface area contributed by atoms with Crippen molar-refractivity contribution in [3.8, 4) is 0 Å². The molecule has 1 aromatic rings. The monoisotopic (exact) mass is 277 g/mol. The highest BCUT2D eigenvalue weighted by Crippen LogP contribution is 2.28. The van der Waals surface area contributed by atoms with E-state index >= 15 is 0 Å². The number of rotatable bonds is 5. The van der Waals surface area contributed by atoms with Crippen LogP contribution in [-0.4, -0.2) is 30.8 Å². The molecule has 1 aliphatic carbocycles. The summed E-state index contributed by atoms with van der Waals surface area (Å²) < 4.78 is 5.27. The molecule has 0 saturated heterocycles. The van der Waals surface area contributed by atoms with Crippen LogP contribution in [0.25, 0.3) is 0 Å². The minimum Gasteiger partial charge on any atom is -0.392 e. The van der Waals surface area contributed by atoms with Gasteiger partial charge in [-0.2, -0.15) is 0 Å². The highest BCUT2D eigenvalue weighted by atomic mass is 16.5. The number of aliphatic hydroxyl groups is 1. The summed E-state index contributed by atoms with van der Waals surface area (Å²) >= 11 is 0. The van der Waals surface area contributed by atoms with Crippen LogP contribution in [-0.2, 0) is 15.1 Å². The fourth-order valence-electron chi connectivity index (χ4n) is 2.90. The molecule has 0 aromatic heterocycles. The molecule has 1 saturated carbocycles. The molecule has 2 rings (SSSR count). The van der Waals surface area contributed by atoms with E-state index in [1.165, 1.54) is 0 Å². The Bertz CT molecular complexity index is 448. The van der Waals surface area contributed by atoms with Crippen LogP contribution >= 0.6 is 0 Å². The quantitative estimate of drug-likeness (QED) is 0.863. The molecular formula is C16H23NO3. The van der Waals surface area contributed by atoms with Crippen molar-refractivity contribution in [3.05, 3.63) is 35.9 Å². The molecule has 0 bridgehead atoms.